The molecule has 0 saturated carbocycles. The second-order valence-electron chi connectivity index (χ2n) is 9.07. The Kier molecular flexibility index (Phi) is 10.1. The third-order valence-electron chi connectivity index (χ3n) is 6.44. The maximum Gasteiger partial charge on any atom is 0.471 e. The summed E-state index contributed by atoms with van der Waals surface area (Å²) in [5.74, 6) is -3.17. The predicted octanol–water partition coefficient (Wildman–Crippen LogP) is 3.94. The lowest BCUT2D eigenvalue weighted by atomic mass is 10.1. The van der Waals surface area contributed by atoms with E-state index in [1.165, 1.54) is 19.1 Å². The fraction of sp³-hybridized carbons (Fsp3) is 0.500. The number of benzene rings is 1. The molecule has 2 amide bonds. The van der Waals surface area contributed by atoms with Crippen molar-refractivity contribution < 1.29 is 37.4 Å². The minimum absolute atomic E-state index is 0.0843. The number of anilines is 3. The molecule has 0 bridgehead atoms. The summed E-state index contributed by atoms with van der Waals surface area (Å²) in [5, 5.41) is 12.6. The van der Waals surface area contributed by atoms with E-state index in [2.05, 4.69) is 15.3 Å². The summed E-state index contributed by atoms with van der Waals surface area (Å²) in [4.78, 5) is 48.8. The van der Waals surface area contributed by atoms with Gasteiger partial charge in [-0.15, -0.1) is 0 Å². The number of carboxylic acids is 1. The van der Waals surface area contributed by atoms with Crippen LogP contribution in [0.3, 0.4) is 0 Å². The molecule has 2 heterocycles. The Morgan fingerprint density at radius 3 is 2.23 bits per heavy atom. The fourth-order valence-electron chi connectivity index (χ4n) is 4.26. The first-order valence-corrected chi connectivity index (χ1v) is 13.0. The second kappa shape index (κ2) is 13.3. The molecule has 0 unspecified atom stereocenters. The van der Waals surface area contributed by atoms with Gasteiger partial charge in [0.25, 0.3) is 0 Å². The number of carbonyl (C=O) groups excluding carboxylic acids is 2. The molecule has 14 heteroatoms. The van der Waals surface area contributed by atoms with Gasteiger partial charge in [-0.2, -0.15) is 18.2 Å². The fourth-order valence-corrected chi connectivity index (χ4v) is 4.26. The number of aliphatic carboxylic acids is 1. The van der Waals surface area contributed by atoms with Crippen LogP contribution in [-0.2, 0) is 16.0 Å². The quantitative estimate of drug-likeness (QED) is 0.416. The number of aromatic nitrogens is 2. The van der Waals surface area contributed by atoms with Gasteiger partial charge in [-0.25, -0.2) is 14.6 Å². The Morgan fingerprint density at radius 2 is 1.70 bits per heavy atom. The topological polar surface area (TPSA) is 128 Å². The van der Waals surface area contributed by atoms with Crippen molar-refractivity contribution >= 4 is 35.4 Å². The van der Waals surface area contributed by atoms with E-state index in [0.717, 1.165) is 19.0 Å². The molecule has 1 saturated heterocycles. The van der Waals surface area contributed by atoms with Gasteiger partial charge in [0.05, 0.1) is 6.20 Å². The molecule has 0 radical (unpaired) electrons. The van der Waals surface area contributed by atoms with Crippen LogP contribution >= 0.6 is 0 Å². The van der Waals surface area contributed by atoms with Gasteiger partial charge < -0.3 is 29.9 Å². The molecule has 1 aromatic carbocycles. The Bertz CT molecular complexity index is 1180. The van der Waals surface area contributed by atoms with Crippen LogP contribution in [0.5, 0.6) is 5.75 Å². The van der Waals surface area contributed by atoms with Crippen LogP contribution < -0.4 is 19.9 Å². The second-order valence-corrected chi connectivity index (χ2v) is 9.07. The van der Waals surface area contributed by atoms with Crippen LogP contribution in [0, 0.1) is 0 Å². The molecule has 1 atom stereocenters. The normalized spacial score (nSPS) is 14.0. The van der Waals surface area contributed by atoms with Crippen LogP contribution in [0.2, 0.25) is 0 Å². The molecule has 0 spiro atoms. The average Bonchev–Trinajstić information content (AvgIpc) is 3.46. The zero-order valence-corrected chi connectivity index (χ0v) is 22.6. The third-order valence-corrected chi connectivity index (χ3v) is 6.44. The van der Waals surface area contributed by atoms with E-state index in [4.69, 9.17) is 4.74 Å². The van der Waals surface area contributed by atoms with E-state index >= 15 is 0 Å². The maximum absolute atomic E-state index is 13.3. The number of nitrogens with one attached hydrogen (secondary N) is 1. The van der Waals surface area contributed by atoms with E-state index in [9.17, 15) is 32.7 Å². The molecule has 1 aromatic heterocycles. The zero-order valence-electron chi connectivity index (χ0n) is 22.6. The van der Waals surface area contributed by atoms with Crippen LogP contribution in [0.25, 0.3) is 0 Å². The van der Waals surface area contributed by atoms with Gasteiger partial charge in [-0.05, 0) is 51.3 Å². The number of halogens is 3. The van der Waals surface area contributed by atoms with Crippen molar-refractivity contribution in [3.63, 3.8) is 0 Å². The molecule has 40 heavy (non-hydrogen) atoms. The molecule has 3 rings (SSSR count). The van der Waals surface area contributed by atoms with Crippen LogP contribution in [0.4, 0.5) is 35.4 Å². The molecule has 0 aliphatic carbocycles. The van der Waals surface area contributed by atoms with Crippen molar-refractivity contribution in [2.45, 2.75) is 52.3 Å². The molecule has 2 N–H and O–H groups in total. The summed E-state index contributed by atoms with van der Waals surface area (Å²) in [5.41, 5.74) is 0.260. The monoisotopic (exact) mass is 566 g/mol. The zero-order chi connectivity index (χ0) is 29.4. The summed E-state index contributed by atoms with van der Waals surface area (Å²) >= 11 is 0. The number of carbonyl (C=O) groups is 3. The highest BCUT2D eigenvalue weighted by molar-refractivity contribution is 5.99. The van der Waals surface area contributed by atoms with Crippen LogP contribution in [-0.4, -0.2) is 82.9 Å². The number of hydrogen-bond donors (Lipinski definition) is 2. The Balaban J connectivity index is 1.87. The molecular weight excluding hydrogens is 533 g/mol. The Morgan fingerprint density at radius 1 is 1.07 bits per heavy atom. The molecule has 1 aliphatic heterocycles. The van der Waals surface area contributed by atoms with Crippen molar-refractivity contribution in [1.82, 2.24) is 14.9 Å². The Hall–Kier alpha value is -4.10. The van der Waals surface area contributed by atoms with Gasteiger partial charge in [0.15, 0.2) is 5.82 Å². The van der Waals surface area contributed by atoms with Crippen molar-refractivity contribution in [2.24, 2.45) is 0 Å². The van der Waals surface area contributed by atoms with E-state index in [0.29, 0.717) is 42.4 Å². The number of nitrogens with zero attached hydrogens (tertiary/aromatic N) is 5. The van der Waals surface area contributed by atoms with Gasteiger partial charge >= 0.3 is 24.1 Å². The largest absolute Gasteiger partial charge is 0.480 e. The van der Waals surface area contributed by atoms with E-state index < -0.39 is 30.2 Å². The first-order chi connectivity index (χ1) is 19.0. The first kappa shape index (κ1) is 30.4. The molecule has 1 fully saturated rings. The number of hydrogen-bond acceptors (Lipinski definition) is 8. The molecule has 1 aliphatic rings. The minimum Gasteiger partial charge on any atom is -0.480 e. The van der Waals surface area contributed by atoms with Crippen LogP contribution in [0.15, 0.2) is 30.5 Å². The number of rotatable bonds is 11. The van der Waals surface area contributed by atoms with Crippen molar-refractivity contribution in [3.05, 3.63) is 36.0 Å². The number of ether oxygens (including phenoxy) is 1. The van der Waals surface area contributed by atoms with E-state index in [1.54, 1.807) is 21.9 Å². The van der Waals surface area contributed by atoms with E-state index in [-0.39, 0.29) is 30.4 Å². The van der Waals surface area contributed by atoms with Crippen molar-refractivity contribution in [1.29, 1.82) is 0 Å². The molecule has 11 nitrogen and oxygen atoms in total. The summed E-state index contributed by atoms with van der Waals surface area (Å²) in [6.07, 6.45) is -2.77. The number of alkyl halides is 3. The summed E-state index contributed by atoms with van der Waals surface area (Å²) in [6.45, 7) is 6.93. The third kappa shape index (κ3) is 7.51. The number of amides is 2. The summed E-state index contributed by atoms with van der Waals surface area (Å²) < 4.78 is 45.3. The van der Waals surface area contributed by atoms with E-state index in [1.807, 2.05) is 13.8 Å². The highest BCUT2D eigenvalue weighted by atomic mass is 19.4. The van der Waals surface area contributed by atoms with Crippen LogP contribution in [0.1, 0.15) is 39.2 Å². The SMILES string of the molecule is CCN(CC)c1ncc(N(CC)C(=O)C(F)(F)F)c(N[C@H](Cc2ccc(OC(=O)N3CCCC3)cc2)C(=O)O)n1. The average molecular weight is 567 g/mol. The van der Waals surface area contributed by atoms with Gasteiger partial charge in [0, 0.05) is 39.1 Å². The highest BCUT2D eigenvalue weighted by Crippen LogP contribution is 2.30. The lowest BCUT2D eigenvalue weighted by Gasteiger charge is -2.27. The molecule has 2 aromatic rings. The van der Waals surface area contributed by atoms with Gasteiger partial charge in [-0.1, -0.05) is 12.1 Å². The lowest BCUT2D eigenvalue weighted by molar-refractivity contribution is -0.170. The summed E-state index contributed by atoms with van der Waals surface area (Å²) in [7, 11) is 0. The molecule has 218 valence electrons. The van der Waals surface area contributed by atoms with Gasteiger partial charge in [0.1, 0.15) is 17.5 Å². The maximum atomic E-state index is 13.3. The summed E-state index contributed by atoms with van der Waals surface area (Å²) in [6, 6.07) is 4.95. The number of carboxylic acid groups (broad SMARTS) is 1. The smallest absolute Gasteiger partial charge is 0.471 e. The van der Waals surface area contributed by atoms with Crippen molar-refractivity contribution in [3.8, 4) is 5.75 Å². The molecular formula is C26H33F3N6O5. The predicted molar refractivity (Wildman–Crippen MR) is 142 cm³/mol. The minimum atomic E-state index is -5.16. The number of likely N-dealkylation sites (tertiary alicyclic amines) is 1. The first-order valence-electron chi connectivity index (χ1n) is 13.0. The van der Waals surface area contributed by atoms with Gasteiger partial charge in [0.2, 0.25) is 5.95 Å². The lowest BCUT2D eigenvalue weighted by Crippen LogP contribution is -2.42. The highest BCUT2D eigenvalue weighted by Gasteiger charge is 2.43. The van der Waals surface area contributed by atoms with Gasteiger partial charge in [-0.3, -0.25) is 4.79 Å². The standard InChI is InChI=1S/C26H33F3N6O5/c1-4-33(5-2)24-30-16-20(35(6-3)23(38)26(27,28)29)21(32-24)31-19(22(36)37)15-17-9-11-18(12-10-17)40-25(39)34-13-7-8-14-34/h9-12,16,19H,4-8,13-15H2,1-3H3,(H,36,37)(H,30,31,32)/t19-/m1/s1. The van der Waals surface area contributed by atoms with Crippen molar-refractivity contribution in [2.75, 3.05) is 47.8 Å². The Labute approximate surface area is 229 Å².